The van der Waals surface area contributed by atoms with Gasteiger partial charge in [-0.05, 0) is 31.2 Å². The van der Waals surface area contributed by atoms with Gasteiger partial charge in [-0.3, -0.25) is 9.78 Å². The molecule has 0 aliphatic heterocycles. The maximum absolute atomic E-state index is 12.6. The third-order valence-electron chi connectivity index (χ3n) is 2.16. The number of amides is 1. The maximum atomic E-state index is 12.6. The quantitative estimate of drug-likeness (QED) is 0.806. The molecular formula is C12H10FN3O. The minimum Gasteiger partial charge on any atom is -0.321 e. The molecule has 17 heavy (non-hydrogen) atoms. The molecule has 5 heteroatoms. The summed E-state index contributed by atoms with van der Waals surface area (Å²) in [4.78, 5) is 19.2. The van der Waals surface area contributed by atoms with E-state index in [1.165, 1.54) is 12.3 Å². The lowest BCUT2D eigenvalue weighted by Gasteiger charge is -2.04. The van der Waals surface area contributed by atoms with E-state index in [-0.39, 0.29) is 5.91 Å². The monoisotopic (exact) mass is 231 g/mol. The van der Waals surface area contributed by atoms with E-state index >= 15 is 0 Å². The molecule has 1 N–H and O–H groups in total. The van der Waals surface area contributed by atoms with Crippen molar-refractivity contribution in [3.8, 4) is 0 Å². The van der Waals surface area contributed by atoms with Gasteiger partial charge in [-0.2, -0.15) is 4.39 Å². The van der Waals surface area contributed by atoms with Gasteiger partial charge in [-0.25, -0.2) is 4.98 Å². The minimum atomic E-state index is -0.612. The highest BCUT2D eigenvalue weighted by Gasteiger charge is 2.06. The van der Waals surface area contributed by atoms with Gasteiger partial charge >= 0.3 is 0 Å². The van der Waals surface area contributed by atoms with Crippen LogP contribution >= 0.6 is 0 Å². The van der Waals surface area contributed by atoms with Crippen molar-refractivity contribution in [3.05, 3.63) is 53.9 Å². The first-order valence-electron chi connectivity index (χ1n) is 5.01. The third-order valence-corrected chi connectivity index (χ3v) is 2.16. The standard InChI is InChI=1S/C12H10FN3O/c1-8-2-4-10(7-14-8)16-12(17)9-3-5-11(13)15-6-9/h2-7H,1H3,(H,16,17). The van der Waals surface area contributed by atoms with Crippen LogP contribution in [-0.2, 0) is 0 Å². The summed E-state index contributed by atoms with van der Waals surface area (Å²) < 4.78 is 12.6. The number of nitrogens with one attached hydrogen (secondary N) is 1. The van der Waals surface area contributed by atoms with E-state index in [0.29, 0.717) is 11.3 Å². The first-order chi connectivity index (χ1) is 8.15. The molecule has 0 radical (unpaired) electrons. The molecule has 0 saturated carbocycles. The Kier molecular flexibility index (Phi) is 3.09. The number of carbonyl (C=O) groups is 1. The molecule has 2 aromatic heterocycles. The van der Waals surface area contributed by atoms with Crippen molar-refractivity contribution in [1.29, 1.82) is 0 Å². The van der Waals surface area contributed by atoms with Crippen molar-refractivity contribution >= 4 is 11.6 Å². The Morgan fingerprint density at radius 1 is 1.18 bits per heavy atom. The maximum Gasteiger partial charge on any atom is 0.257 e. The van der Waals surface area contributed by atoms with Crippen molar-refractivity contribution in [2.45, 2.75) is 6.92 Å². The molecule has 0 bridgehead atoms. The largest absolute Gasteiger partial charge is 0.321 e. The van der Waals surface area contributed by atoms with Crippen molar-refractivity contribution < 1.29 is 9.18 Å². The first kappa shape index (κ1) is 11.2. The molecule has 0 spiro atoms. The van der Waals surface area contributed by atoms with E-state index in [2.05, 4.69) is 15.3 Å². The predicted molar refractivity (Wildman–Crippen MR) is 61.1 cm³/mol. The Balaban J connectivity index is 2.11. The SMILES string of the molecule is Cc1ccc(NC(=O)c2ccc(F)nc2)cn1. The van der Waals surface area contributed by atoms with E-state index in [4.69, 9.17) is 0 Å². The van der Waals surface area contributed by atoms with E-state index in [9.17, 15) is 9.18 Å². The normalized spacial score (nSPS) is 10.0. The van der Waals surface area contributed by atoms with Crippen LogP contribution in [0.1, 0.15) is 16.1 Å². The number of halogens is 1. The summed E-state index contributed by atoms with van der Waals surface area (Å²) in [5.74, 6) is -0.957. The number of aryl methyl sites for hydroxylation is 1. The molecule has 2 heterocycles. The van der Waals surface area contributed by atoms with Gasteiger partial charge in [0.1, 0.15) is 0 Å². The zero-order valence-electron chi connectivity index (χ0n) is 9.14. The van der Waals surface area contributed by atoms with E-state index < -0.39 is 5.95 Å². The first-order valence-corrected chi connectivity index (χ1v) is 5.01. The molecule has 1 amide bonds. The predicted octanol–water partition coefficient (Wildman–Crippen LogP) is 2.18. The van der Waals surface area contributed by atoms with E-state index in [0.717, 1.165) is 11.8 Å². The number of pyridine rings is 2. The summed E-state index contributed by atoms with van der Waals surface area (Å²) in [6, 6.07) is 6.05. The Hall–Kier alpha value is -2.30. The van der Waals surface area contributed by atoms with Gasteiger partial charge in [0.15, 0.2) is 0 Å². The highest BCUT2D eigenvalue weighted by Crippen LogP contribution is 2.08. The van der Waals surface area contributed by atoms with Gasteiger partial charge in [0, 0.05) is 11.9 Å². The Labute approximate surface area is 97.5 Å². The van der Waals surface area contributed by atoms with Crippen molar-refractivity contribution in [3.63, 3.8) is 0 Å². The van der Waals surface area contributed by atoms with Crippen molar-refractivity contribution in [1.82, 2.24) is 9.97 Å². The lowest BCUT2D eigenvalue weighted by atomic mass is 10.2. The van der Waals surface area contributed by atoms with Crippen LogP contribution in [0.2, 0.25) is 0 Å². The smallest absolute Gasteiger partial charge is 0.257 e. The zero-order valence-corrected chi connectivity index (χ0v) is 9.14. The molecule has 2 aromatic rings. The fraction of sp³-hybridized carbons (Fsp3) is 0.0833. The number of nitrogens with zero attached hydrogens (tertiary/aromatic N) is 2. The van der Waals surface area contributed by atoms with Gasteiger partial charge in [-0.1, -0.05) is 0 Å². The average Bonchev–Trinajstić information content (AvgIpc) is 2.33. The highest BCUT2D eigenvalue weighted by atomic mass is 19.1. The second kappa shape index (κ2) is 4.69. The number of anilines is 1. The summed E-state index contributed by atoms with van der Waals surface area (Å²) in [6.07, 6.45) is 2.75. The molecule has 86 valence electrons. The van der Waals surface area contributed by atoms with Crippen molar-refractivity contribution in [2.24, 2.45) is 0 Å². The summed E-state index contributed by atoms with van der Waals surface area (Å²) in [7, 11) is 0. The van der Waals surface area contributed by atoms with Crippen LogP contribution in [-0.4, -0.2) is 15.9 Å². The van der Waals surface area contributed by atoms with Crippen molar-refractivity contribution in [2.75, 3.05) is 5.32 Å². The second-order valence-electron chi connectivity index (χ2n) is 3.51. The minimum absolute atomic E-state index is 0.298. The Morgan fingerprint density at radius 2 is 2.00 bits per heavy atom. The Morgan fingerprint density at radius 3 is 2.59 bits per heavy atom. The fourth-order valence-electron chi connectivity index (χ4n) is 1.26. The van der Waals surface area contributed by atoms with Crippen LogP contribution in [0.15, 0.2) is 36.7 Å². The molecule has 0 saturated heterocycles. The number of hydrogen-bond donors (Lipinski definition) is 1. The van der Waals surface area contributed by atoms with E-state index in [1.807, 2.05) is 6.92 Å². The van der Waals surface area contributed by atoms with Crippen LogP contribution in [0, 0.1) is 12.9 Å². The number of aromatic nitrogens is 2. The average molecular weight is 231 g/mol. The van der Waals surface area contributed by atoms with Gasteiger partial charge in [0.25, 0.3) is 5.91 Å². The number of rotatable bonds is 2. The van der Waals surface area contributed by atoms with Gasteiger partial charge in [-0.15, -0.1) is 0 Å². The summed E-state index contributed by atoms with van der Waals surface area (Å²) in [5.41, 5.74) is 1.75. The third kappa shape index (κ3) is 2.84. The second-order valence-corrected chi connectivity index (χ2v) is 3.51. The van der Waals surface area contributed by atoms with Gasteiger partial charge in [0.05, 0.1) is 17.4 Å². The molecular weight excluding hydrogens is 221 g/mol. The highest BCUT2D eigenvalue weighted by molar-refractivity contribution is 6.03. The van der Waals surface area contributed by atoms with Gasteiger partial charge in [0.2, 0.25) is 5.95 Å². The lowest BCUT2D eigenvalue weighted by Crippen LogP contribution is -2.12. The number of hydrogen-bond acceptors (Lipinski definition) is 3. The van der Waals surface area contributed by atoms with Gasteiger partial charge < -0.3 is 5.32 Å². The Bertz CT molecular complexity index is 522. The summed E-state index contributed by atoms with van der Waals surface area (Å²) in [6.45, 7) is 1.86. The lowest BCUT2D eigenvalue weighted by molar-refractivity contribution is 0.102. The molecule has 0 atom stereocenters. The van der Waals surface area contributed by atoms with Crippen LogP contribution in [0.25, 0.3) is 0 Å². The van der Waals surface area contributed by atoms with Crippen LogP contribution in [0.4, 0.5) is 10.1 Å². The van der Waals surface area contributed by atoms with E-state index in [1.54, 1.807) is 18.3 Å². The molecule has 0 aromatic carbocycles. The van der Waals surface area contributed by atoms with Crippen LogP contribution in [0.3, 0.4) is 0 Å². The molecule has 2 rings (SSSR count). The summed E-state index contributed by atoms with van der Waals surface area (Å²) in [5, 5.41) is 2.64. The number of carbonyl (C=O) groups excluding carboxylic acids is 1. The fourth-order valence-corrected chi connectivity index (χ4v) is 1.26. The zero-order chi connectivity index (χ0) is 12.3. The molecule has 0 unspecified atom stereocenters. The summed E-state index contributed by atoms with van der Waals surface area (Å²) >= 11 is 0. The molecule has 4 nitrogen and oxygen atoms in total. The molecule has 0 aliphatic rings. The molecule has 0 aliphatic carbocycles. The topological polar surface area (TPSA) is 54.9 Å². The van der Waals surface area contributed by atoms with Crippen LogP contribution in [0.5, 0.6) is 0 Å². The van der Waals surface area contributed by atoms with Crippen LogP contribution < -0.4 is 5.32 Å². The molecule has 0 fully saturated rings.